The molecule has 1 aliphatic rings. The Morgan fingerprint density at radius 3 is 2.50 bits per heavy atom. The Morgan fingerprint density at radius 2 is 1.78 bits per heavy atom. The Bertz CT molecular complexity index is 1200. The van der Waals surface area contributed by atoms with Gasteiger partial charge in [-0.05, 0) is 43.9 Å². The molecule has 0 spiro atoms. The van der Waals surface area contributed by atoms with Crippen molar-refractivity contribution >= 4 is 34.2 Å². The maximum absolute atomic E-state index is 13.5. The number of hydrogen-bond acceptors (Lipinski definition) is 3. The number of hydrogen-bond donors (Lipinski definition) is 1. The maximum Gasteiger partial charge on any atom is 0.259 e. The quantitative estimate of drug-likeness (QED) is 0.623. The van der Waals surface area contributed by atoms with E-state index in [4.69, 9.17) is 0 Å². The fourth-order valence-electron chi connectivity index (χ4n) is 4.27. The third-order valence-corrected chi connectivity index (χ3v) is 5.90. The summed E-state index contributed by atoms with van der Waals surface area (Å²) in [6.45, 7) is 6.21. The average molecular weight is 430 g/mol. The van der Waals surface area contributed by atoms with E-state index in [1.165, 1.54) is 4.90 Å². The van der Waals surface area contributed by atoms with Crippen LogP contribution in [0.15, 0.2) is 60.7 Å². The first-order valence-electron chi connectivity index (χ1n) is 10.9. The van der Waals surface area contributed by atoms with Crippen molar-refractivity contribution in [2.24, 2.45) is 0 Å². The number of benzene rings is 3. The summed E-state index contributed by atoms with van der Waals surface area (Å²) in [5.74, 6) is -0.679. The van der Waals surface area contributed by atoms with Crippen LogP contribution in [0.4, 0.5) is 5.69 Å². The molecule has 6 heteroatoms. The van der Waals surface area contributed by atoms with E-state index in [2.05, 4.69) is 5.32 Å². The first kappa shape index (κ1) is 21.6. The molecule has 164 valence electrons. The average Bonchev–Trinajstić information content (AvgIpc) is 3.05. The Morgan fingerprint density at radius 1 is 1.06 bits per heavy atom. The van der Waals surface area contributed by atoms with Crippen LogP contribution >= 0.6 is 0 Å². The SMILES string of the molecule is CCNC(=O)[C@H](C)N(Cc1cccc(C)c1)C(=O)CN1C(=O)c2cccc3cccc1c23. The Labute approximate surface area is 187 Å². The third-order valence-electron chi connectivity index (χ3n) is 5.90. The van der Waals surface area contributed by atoms with Gasteiger partial charge >= 0.3 is 0 Å². The predicted molar refractivity (Wildman–Crippen MR) is 125 cm³/mol. The summed E-state index contributed by atoms with van der Waals surface area (Å²) >= 11 is 0. The standard InChI is InChI=1S/C26H27N3O3/c1-4-27-25(31)18(3)28(15-19-9-5-8-17(2)14-19)23(30)16-29-22-13-7-11-20-10-6-12-21(24(20)22)26(29)32/h5-14,18H,4,15-16H2,1-3H3,(H,27,31)/t18-/m0/s1. The molecular formula is C26H27N3O3. The number of aryl methyl sites for hydroxylation is 1. The van der Waals surface area contributed by atoms with Crippen LogP contribution in [-0.2, 0) is 16.1 Å². The van der Waals surface area contributed by atoms with E-state index in [-0.39, 0.29) is 30.8 Å². The smallest absolute Gasteiger partial charge is 0.259 e. The van der Waals surface area contributed by atoms with Crippen LogP contribution in [0.5, 0.6) is 0 Å². The molecule has 1 heterocycles. The van der Waals surface area contributed by atoms with E-state index in [1.54, 1.807) is 17.9 Å². The lowest BCUT2D eigenvalue weighted by molar-refractivity contribution is -0.139. The lowest BCUT2D eigenvalue weighted by Crippen LogP contribution is -2.50. The molecule has 0 saturated heterocycles. The Balaban J connectivity index is 1.63. The van der Waals surface area contributed by atoms with Gasteiger partial charge in [0.15, 0.2) is 0 Å². The number of carbonyl (C=O) groups excluding carboxylic acids is 3. The first-order valence-corrected chi connectivity index (χ1v) is 10.9. The second-order valence-corrected chi connectivity index (χ2v) is 8.15. The highest BCUT2D eigenvalue weighted by molar-refractivity contribution is 6.26. The summed E-state index contributed by atoms with van der Waals surface area (Å²) in [5, 5.41) is 4.64. The molecule has 4 rings (SSSR count). The van der Waals surface area contributed by atoms with Crippen LogP contribution < -0.4 is 10.2 Å². The number of carbonyl (C=O) groups is 3. The summed E-state index contributed by atoms with van der Waals surface area (Å²) in [5.41, 5.74) is 3.36. The second-order valence-electron chi connectivity index (χ2n) is 8.15. The van der Waals surface area contributed by atoms with Crippen molar-refractivity contribution in [2.45, 2.75) is 33.4 Å². The lowest BCUT2D eigenvalue weighted by Gasteiger charge is -2.30. The molecule has 0 aliphatic carbocycles. The van der Waals surface area contributed by atoms with Crippen LogP contribution in [0, 0.1) is 6.92 Å². The summed E-state index contributed by atoms with van der Waals surface area (Å²) in [4.78, 5) is 42.3. The zero-order valence-electron chi connectivity index (χ0n) is 18.6. The van der Waals surface area contributed by atoms with E-state index in [0.717, 1.165) is 27.6 Å². The third kappa shape index (κ3) is 3.96. The van der Waals surface area contributed by atoms with Crippen molar-refractivity contribution in [1.29, 1.82) is 0 Å². The molecule has 0 fully saturated rings. The van der Waals surface area contributed by atoms with E-state index >= 15 is 0 Å². The van der Waals surface area contributed by atoms with Gasteiger partial charge in [0.25, 0.3) is 5.91 Å². The first-order chi connectivity index (χ1) is 15.4. The molecule has 3 aromatic carbocycles. The highest BCUT2D eigenvalue weighted by Gasteiger charge is 2.34. The van der Waals surface area contributed by atoms with Crippen molar-refractivity contribution < 1.29 is 14.4 Å². The minimum Gasteiger partial charge on any atom is -0.355 e. The second kappa shape index (κ2) is 8.83. The van der Waals surface area contributed by atoms with Gasteiger partial charge in [0, 0.05) is 24.0 Å². The molecule has 6 nitrogen and oxygen atoms in total. The molecule has 1 atom stereocenters. The van der Waals surface area contributed by atoms with E-state index in [1.807, 2.05) is 68.4 Å². The minimum atomic E-state index is -0.668. The summed E-state index contributed by atoms with van der Waals surface area (Å²) < 4.78 is 0. The number of rotatable bonds is 7. The van der Waals surface area contributed by atoms with Gasteiger partial charge in [-0.2, -0.15) is 0 Å². The topological polar surface area (TPSA) is 69.7 Å². The fourth-order valence-corrected chi connectivity index (χ4v) is 4.27. The Kier molecular flexibility index (Phi) is 5.95. The van der Waals surface area contributed by atoms with Crippen LogP contribution in [0.1, 0.15) is 35.3 Å². The van der Waals surface area contributed by atoms with Gasteiger partial charge in [-0.25, -0.2) is 0 Å². The van der Waals surface area contributed by atoms with Gasteiger partial charge in [0.1, 0.15) is 12.6 Å². The number of nitrogens with zero attached hydrogens (tertiary/aromatic N) is 2. The van der Waals surface area contributed by atoms with Gasteiger partial charge in [0.2, 0.25) is 11.8 Å². The van der Waals surface area contributed by atoms with Gasteiger partial charge in [-0.15, -0.1) is 0 Å². The van der Waals surface area contributed by atoms with Crippen LogP contribution in [0.3, 0.4) is 0 Å². The van der Waals surface area contributed by atoms with Crippen molar-refractivity contribution in [3.8, 4) is 0 Å². The van der Waals surface area contributed by atoms with E-state index in [9.17, 15) is 14.4 Å². The zero-order valence-corrected chi connectivity index (χ0v) is 18.6. The number of likely N-dealkylation sites (N-methyl/N-ethyl adjacent to an activating group) is 1. The molecule has 32 heavy (non-hydrogen) atoms. The van der Waals surface area contributed by atoms with Crippen molar-refractivity contribution in [1.82, 2.24) is 10.2 Å². The van der Waals surface area contributed by atoms with Crippen LogP contribution in [0.25, 0.3) is 10.8 Å². The van der Waals surface area contributed by atoms with Gasteiger partial charge in [-0.3, -0.25) is 19.3 Å². The summed E-state index contributed by atoms with van der Waals surface area (Å²) in [6.07, 6.45) is 0. The highest BCUT2D eigenvalue weighted by atomic mass is 16.2. The largest absolute Gasteiger partial charge is 0.355 e. The molecule has 3 amide bonds. The van der Waals surface area contributed by atoms with Gasteiger partial charge in [-0.1, -0.05) is 54.1 Å². The van der Waals surface area contributed by atoms with Crippen molar-refractivity contribution in [2.75, 3.05) is 18.0 Å². The lowest BCUT2D eigenvalue weighted by atomic mass is 10.1. The zero-order chi connectivity index (χ0) is 22.8. The highest BCUT2D eigenvalue weighted by Crippen LogP contribution is 2.37. The van der Waals surface area contributed by atoms with Crippen molar-refractivity contribution in [3.63, 3.8) is 0 Å². The normalized spacial score (nSPS) is 13.3. The van der Waals surface area contributed by atoms with Gasteiger partial charge in [0.05, 0.1) is 5.69 Å². The van der Waals surface area contributed by atoms with Crippen LogP contribution in [-0.4, -0.2) is 41.8 Å². The van der Waals surface area contributed by atoms with E-state index < -0.39 is 6.04 Å². The predicted octanol–water partition coefficient (Wildman–Crippen LogP) is 3.66. The molecule has 0 aromatic heterocycles. The molecule has 1 N–H and O–H groups in total. The monoisotopic (exact) mass is 429 g/mol. The molecule has 0 bridgehead atoms. The number of anilines is 1. The molecule has 3 aromatic rings. The minimum absolute atomic E-state index is 0.123. The number of amides is 3. The molecule has 0 unspecified atom stereocenters. The fraction of sp³-hybridized carbons (Fsp3) is 0.269. The van der Waals surface area contributed by atoms with Gasteiger partial charge < -0.3 is 10.2 Å². The molecule has 0 radical (unpaired) electrons. The molecule has 0 saturated carbocycles. The summed E-state index contributed by atoms with van der Waals surface area (Å²) in [6, 6.07) is 18.5. The molecule has 1 aliphatic heterocycles. The number of nitrogens with one attached hydrogen (secondary N) is 1. The van der Waals surface area contributed by atoms with E-state index in [0.29, 0.717) is 12.1 Å². The van der Waals surface area contributed by atoms with Crippen LogP contribution in [0.2, 0.25) is 0 Å². The summed E-state index contributed by atoms with van der Waals surface area (Å²) in [7, 11) is 0. The molecular weight excluding hydrogens is 402 g/mol. The van der Waals surface area contributed by atoms with Crippen molar-refractivity contribution in [3.05, 3.63) is 77.4 Å². The Hall–Kier alpha value is -3.67. The maximum atomic E-state index is 13.5.